The van der Waals surface area contributed by atoms with Crippen molar-refractivity contribution in [2.45, 2.75) is 59.2 Å². The highest BCUT2D eigenvalue weighted by Gasteiger charge is 2.14. The van der Waals surface area contributed by atoms with Gasteiger partial charge in [0.25, 0.3) is 5.56 Å². The molecular weight excluding hydrogens is 454 g/mol. The zero-order valence-corrected chi connectivity index (χ0v) is 20.1. The van der Waals surface area contributed by atoms with E-state index in [0.717, 1.165) is 37.0 Å². The Labute approximate surface area is 203 Å². The van der Waals surface area contributed by atoms with E-state index in [1.165, 1.54) is 23.6 Å². The van der Waals surface area contributed by atoms with Gasteiger partial charge in [-0.25, -0.2) is 8.78 Å². The molecule has 0 aliphatic heterocycles. The van der Waals surface area contributed by atoms with Crippen LogP contribution in [0.25, 0.3) is 0 Å². The molecule has 1 aromatic heterocycles. The Morgan fingerprint density at radius 2 is 1.66 bits per heavy atom. The number of carbonyl (C=O) groups excluding carboxylic acids is 1. The van der Waals surface area contributed by atoms with Crippen LogP contribution in [0.4, 0.5) is 8.78 Å². The van der Waals surface area contributed by atoms with Crippen molar-refractivity contribution < 1.29 is 23.0 Å². The van der Waals surface area contributed by atoms with Crippen molar-refractivity contribution in [2.24, 2.45) is 0 Å². The van der Waals surface area contributed by atoms with Crippen LogP contribution in [0.1, 0.15) is 57.2 Å². The summed E-state index contributed by atoms with van der Waals surface area (Å²) in [5.74, 6) is -0.992. The minimum Gasteiger partial charge on any atom is -0.489 e. The number of carbonyl (C=O) groups is 1. The fraction of sp³-hybridized carbons (Fsp3) is 0.333. The fourth-order valence-electron chi connectivity index (χ4n) is 3.59. The van der Waals surface area contributed by atoms with E-state index >= 15 is 0 Å². The Morgan fingerprint density at radius 1 is 1.00 bits per heavy atom. The summed E-state index contributed by atoms with van der Waals surface area (Å²) < 4.78 is 42.0. The molecule has 3 rings (SSSR count). The number of amides is 1. The van der Waals surface area contributed by atoms with Crippen LogP contribution in [0.3, 0.4) is 0 Å². The third-order valence-electron chi connectivity index (χ3n) is 5.49. The van der Waals surface area contributed by atoms with E-state index in [2.05, 4.69) is 12.2 Å². The lowest BCUT2D eigenvalue weighted by molar-refractivity contribution is -0.119. The predicted octanol–water partition coefficient (Wildman–Crippen LogP) is 5.89. The SMILES string of the molecule is CCCCCn1cc(Oc2cc(F)c(COc3ccc(C(C)NC(C)=O)cc3)c(F)c2)ccc1=O. The number of halogens is 2. The number of hydrogen-bond acceptors (Lipinski definition) is 4. The Balaban J connectivity index is 1.65. The molecule has 1 amide bonds. The molecule has 1 atom stereocenters. The number of nitrogens with zero attached hydrogens (tertiary/aromatic N) is 1. The first kappa shape index (κ1) is 25.9. The van der Waals surface area contributed by atoms with Crippen molar-refractivity contribution in [3.05, 3.63) is 87.8 Å². The van der Waals surface area contributed by atoms with Crippen LogP contribution in [0.2, 0.25) is 0 Å². The molecule has 0 bridgehead atoms. The number of ether oxygens (including phenoxy) is 2. The summed E-state index contributed by atoms with van der Waals surface area (Å²) in [7, 11) is 0. The zero-order valence-electron chi connectivity index (χ0n) is 20.1. The summed E-state index contributed by atoms with van der Waals surface area (Å²) in [5.41, 5.74) is 0.497. The van der Waals surface area contributed by atoms with Gasteiger partial charge in [0.2, 0.25) is 5.91 Å². The topological polar surface area (TPSA) is 69.6 Å². The van der Waals surface area contributed by atoms with E-state index in [9.17, 15) is 18.4 Å². The molecular formula is C27H30F2N2O4. The molecule has 0 spiro atoms. The average Bonchev–Trinajstić information content (AvgIpc) is 2.80. The van der Waals surface area contributed by atoms with Crippen LogP contribution in [0.15, 0.2) is 59.5 Å². The van der Waals surface area contributed by atoms with Crippen molar-refractivity contribution in [3.63, 3.8) is 0 Å². The van der Waals surface area contributed by atoms with Gasteiger partial charge in [0.15, 0.2) is 0 Å². The van der Waals surface area contributed by atoms with Gasteiger partial charge in [-0.05, 0) is 37.1 Å². The van der Waals surface area contributed by atoms with E-state index < -0.39 is 11.6 Å². The summed E-state index contributed by atoms with van der Waals surface area (Å²) in [5, 5.41) is 2.78. The van der Waals surface area contributed by atoms with Gasteiger partial charge < -0.3 is 19.4 Å². The van der Waals surface area contributed by atoms with Crippen LogP contribution in [0, 0.1) is 11.6 Å². The second kappa shape index (κ2) is 12.1. The van der Waals surface area contributed by atoms with Gasteiger partial charge in [0.05, 0.1) is 11.6 Å². The van der Waals surface area contributed by atoms with Gasteiger partial charge in [0.1, 0.15) is 35.5 Å². The van der Waals surface area contributed by atoms with Gasteiger partial charge in [-0.1, -0.05) is 31.9 Å². The largest absolute Gasteiger partial charge is 0.489 e. The summed E-state index contributed by atoms with van der Waals surface area (Å²) in [6.45, 7) is 5.62. The third-order valence-corrected chi connectivity index (χ3v) is 5.49. The minimum absolute atomic E-state index is 0.0150. The normalized spacial score (nSPS) is 11.7. The Kier molecular flexibility index (Phi) is 9.00. The van der Waals surface area contributed by atoms with Crippen molar-refractivity contribution in [2.75, 3.05) is 0 Å². The molecule has 3 aromatic rings. The van der Waals surface area contributed by atoms with E-state index in [1.807, 2.05) is 6.92 Å². The number of hydrogen-bond donors (Lipinski definition) is 1. The first-order valence-electron chi connectivity index (χ1n) is 11.6. The zero-order chi connectivity index (χ0) is 25.4. The van der Waals surface area contributed by atoms with Crippen molar-refractivity contribution in [1.29, 1.82) is 0 Å². The molecule has 35 heavy (non-hydrogen) atoms. The van der Waals surface area contributed by atoms with Gasteiger partial charge >= 0.3 is 0 Å². The number of unbranched alkanes of at least 4 members (excludes halogenated alkanes) is 2. The quantitative estimate of drug-likeness (QED) is 0.345. The van der Waals surface area contributed by atoms with Crippen molar-refractivity contribution in [1.82, 2.24) is 9.88 Å². The van der Waals surface area contributed by atoms with E-state index in [4.69, 9.17) is 9.47 Å². The van der Waals surface area contributed by atoms with E-state index in [-0.39, 0.29) is 35.4 Å². The maximum Gasteiger partial charge on any atom is 0.250 e. The standard InChI is InChI=1S/C27H30F2N2O4/c1-4-5-6-13-31-16-22(11-12-27(31)33)35-23-14-25(28)24(26(29)15-23)17-34-21-9-7-20(8-10-21)18(2)30-19(3)32/h7-12,14-16,18H,4-6,13,17H2,1-3H3,(H,30,32). The van der Waals surface area contributed by atoms with E-state index in [1.54, 1.807) is 30.5 Å². The second-order valence-electron chi connectivity index (χ2n) is 8.35. The van der Waals surface area contributed by atoms with Crippen LogP contribution < -0.4 is 20.3 Å². The first-order valence-corrected chi connectivity index (χ1v) is 11.6. The summed E-state index contributed by atoms with van der Waals surface area (Å²) in [4.78, 5) is 23.2. The lowest BCUT2D eigenvalue weighted by atomic mass is 10.1. The van der Waals surface area contributed by atoms with Crippen molar-refractivity contribution in [3.8, 4) is 17.2 Å². The summed E-state index contributed by atoms with van der Waals surface area (Å²) in [6, 6.07) is 11.8. The molecule has 186 valence electrons. The van der Waals surface area contributed by atoms with Crippen LogP contribution in [-0.2, 0) is 17.9 Å². The Bertz CT molecular complexity index is 1190. The molecule has 8 heteroatoms. The highest BCUT2D eigenvalue weighted by atomic mass is 19.1. The lowest BCUT2D eigenvalue weighted by Gasteiger charge is -2.14. The number of nitrogens with one attached hydrogen (secondary N) is 1. The molecule has 0 radical (unpaired) electrons. The van der Waals surface area contributed by atoms with Crippen LogP contribution in [-0.4, -0.2) is 10.5 Å². The Morgan fingerprint density at radius 3 is 2.29 bits per heavy atom. The molecule has 6 nitrogen and oxygen atoms in total. The van der Waals surface area contributed by atoms with Gasteiger partial charge in [-0.3, -0.25) is 9.59 Å². The molecule has 1 N–H and O–H groups in total. The summed E-state index contributed by atoms with van der Waals surface area (Å²) in [6.07, 6.45) is 4.43. The maximum absolute atomic E-state index is 14.7. The molecule has 0 aliphatic rings. The van der Waals surface area contributed by atoms with E-state index in [0.29, 0.717) is 18.0 Å². The minimum atomic E-state index is -0.799. The number of pyridine rings is 1. The average molecular weight is 485 g/mol. The number of rotatable bonds is 11. The lowest BCUT2D eigenvalue weighted by Crippen LogP contribution is -2.23. The van der Waals surface area contributed by atoms with Gasteiger partial charge in [0, 0.05) is 37.9 Å². The fourth-order valence-corrected chi connectivity index (χ4v) is 3.59. The van der Waals surface area contributed by atoms with Crippen molar-refractivity contribution >= 4 is 5.91 Å². The summed E-state index contributed by atoms with van der Waals surface area (Å²) >= 11 is 0. The third kappa shape index (κ3) is 7.40. The van der Waals surface area contributed by atoms with Crippen LogP contribution >= 0.6 is 0 Å². The first-order chi connectivity index (χ1) is 16.8. The molecule has 2 aromatic carbocycles. The molecule has 1 unspecified atom stereocenters. The highest BCUT2D eigenvalue weighted by Crippen LogP contribution is 2.27. The van der Waals surface area contributed by atoms with Gasteiger partial charge in [-0.2, -0.15) is 0 Å². The smallest absolute Gasteiger partial charge is 0.250 e. The number of benzene rings is 2. The highest BCUT2D eigenvalue weighted by molar-refractivity contribution is 5.73. The molecule has 0 saturated carbocycles. The molecule has 0 saturated heterocycles. The molecule has 0 aliphatic carbocycles. The number of aromatic nitrogens is 1. The maximum atomic E-state index is 14.7. The Hall–Kier alpha value is -3.68. The second-order valence-corrected chi connectivity index (χ2v) is 8.35. The predicted molar refractivity (Wildman–Crippen MR) is 130 cm³/mol. The molecule has 0 fully saturated rings. The van der Waals surface area contributed by atoms with Gasteiger partial charge in [-0.15, -0.1) is 0 Å². The monoisotopic (exact) mass is 484 g/mol. The number of aryl methyl sites for hydroxylation is 1. The molecule has 1 heterocycles. The van der Waals surface area contributed by atoms with Crippen LogP contribution in [0.5, 0.6) is 17.2 Å².